The maximum Gasteiger partial charge on any atom is 0.191 e. The van der Waals surface area contributed by atoms with E-state index in [1.54, 1.807) is 7.05 Å². The fourth-order valence-electron chi connectivity index (χ4n) is 2.61. The number of ether oxygens (including phenoxy) is 2. The van der Waals surface area contributed by atoms with Crippen LogP contribution >= 0.6 is 24.0 Å². The molecular weight excluding hydrogens is 417 g/mol. The van der Waals surface area contributed by atoms with E-state index in [-0.39, 0.29) is 24.0 Å². The minimum atomic E-state index is 0. The van der Waals surface area contributed by atoms with E-state index in [2.05, 4.69) is 46.8 Å². The second-order valence-corrected chi connectivity index (χ2v) is 5.76. The van der Waals surface area contributed by atoms with Crippen molar-refractivity contribution in [3.8, 4) is 0 Å². The van der Waals surface area contributed by atoms with Crippen molar-refractivity contribution >= 4 is 29.9 Å². The summed E-state index contributed by atoms with van der Waals surface area (Å²) in [7, 11) is 1.79. The summed E-state index contributed by atoms with van der Waals surface area (Å²) in [5.74, 6) is 0.810. The number of halogens is 1. The maximum atomic E-state index is 5.67. The standard InChI is InChI=1S/C18H29N3O2.HI/c1-3-10-22-14-16-8-5-4-7-15(16)12-20-18(19-2)21-13-17-9-6-11-23-17;/h4-5,7-8,17H,3,6,9-14H2,1-2H3,(H2,19,20,21);1H. The zero-order valence-electron chi connectivity index (χ0n) is 14.7. The first-order chi connectivity index (χ1) is 11.3. The number of rotatable bonds is 8. The molecule has 24 heavy (non-hydrogen) atoms. The van der Waals surface area contributed by atoms with Crippen LogP contribution in [0, 0.1) is 0 Å². The van der Waals surface area contributed by atoms with Gasteiger partial charge in [0, 0.05) is 33.4 Å². The molecule has 2 N–H and O–H groups in total. The molecule has 1 heterocycles. The lowest BCUT2D eigenvalue weighted by Gasteiger charge is -2.16. The largest absolute Gasteiger partial charge is 0.377 e. The fraction of sp³-hybridized carbons (Fsp3) is 0.611. The molecule has 1 fully saturated rings. The van der Waals surface area contributed by atoms with Gasteiger partial charge in [-0.3, -0.25) is 4.99 Å². The predicted molar refractivity (Wildman–Crippen MR) is 109 cm³/mol. The first-order valence-electron chi connectivity index (χ1n) is 8.54. The minimum absolute atomic E-state index is 0. The van der Waals surface area contributed by atoms with Crippen molar-refractivity contribution in [3.63, 3.8) is 0 Å². The molecule has 1 aliphatic rings. The second kappa shape index (κ2) is 12.5. The van der Waals surface area contributed by atoms with E-state index in [0.717, 1.165) is 51.5 Å². The van der Waals surface area contributed by atoms with Gasteiger partial charge in [-0.2, -0.15) is 0 Å². The van der Waals surface area contributed by atoms with Crippen LogP contribution < -0.4 is 10.6 Å². The number of nitrogens with one attached hydrogen (secondary N) is 2. The molecule has 0 aliphatic carbocycles. The van der Waals surface area contributed by atoms with Crippen LogP contribution in [0.5, 0.6) is 0 Å². The molecule has 136 valence electrons. The Bertz CT molecular complexity index is 491. The van der Waals surface area contributed by atoms with Gasteiger partial charge in [0.1, 0.15) is 0 Å². The van der Waals surface area contributed by atoms with E-state index in [1.165, 1.54) is 11.1 Å². The molecule has 1 saturated heterocycles. The molecule has 0 spiro atoms. The van der Waals surface area contributed by atoms with Gasteiger partial charge in [0.05, 0.1) is 12.7 Å². The van der Waals surface area contributed by atoms with Crippen molar-refractivity contribution in [1.82, 2.24) is 10.6 Å². The average Bonchev–Trinajstić information content (AvgIpc) is 3.10. The molecule has 0 saturated carbocycles. The van der Waals surface area contributed by atoms with Gasteiger partial charge in [-0.05, 0) is 30.4 Å². The van der Waals surface area contributed by atoms with Crippen molar-refractivity contribution in [1.29, 1.82) is 0 Å². The maximum absolute atomic E-state index is 5.67. The predicted octanol–water partition coefficient (Wildman–Crippen LogP) is 3.08. The van der Waals surface area contributed by atoms with Crippen molar-refractivity contribution in [2.24, 2.45) is 4.99 Å². The van der Waals surface area contributed by atoms with Crippen LogP contribution in [0.4, 0.5) is 0 Å². The monoisotopic (exact) mass is 447 g/mol. The first kappa shape index (κ1) is 21.2. The quantitative estimate of drug-likeness (QED) is 0.279. The van der Waals surface area contributed by atoms with E-state index < -0.39 is 0 Å². The summed E-state index contributed by atoms with van der Waals surface area (Å²) in [5, 5.41) is 6.70. The lowest BCUT2D eigenvalue weighted by molar-refractivity contribution is 0.114. The number of hydrogen-bond donors (Lipinski definition) is 2. The van der Waals surface area contributed by atoms with E-state index in [9.17, 15) is 0 Å². The van der Waals surface area contributed by atoms with Gasteiger partial charge >= 0.3 is 0 Å². The van der Waals surface area contributed by atoms with Crippen LogP contribution in [0.15, 0.2) is 29.3 Å². The van der Waals surface area contributed by atoms with Crippen LogP contribution in [0.1, 0.15) is 37.3 Å². The highest BCUT2D eigenvalue weighted by Gasteiger charge is 2.15. The highest BCUT2D eigenvalue weighted by molar-refractivity contribution is 14.0. The highest BCUT2D eigenvalue weighted by Crippen LogP contribution is 2.11. The van der Waals surface area contributed by atoms with Crippen LogP contribution in [-0.2, 0) is 22.6 Å². The molecule has 5 nitrogen and oxygen atoms in total. The Morgan fingerprint density at radius 3 is 2.75 bits per heavy atom. The zero-order valence-corrected chi connectivity index (χ0v) is 17.0. The Balaban J connectivity index is 0.00000288. The molecule has 0 amide bonds. The third kappa shape index (κ3) is 7.36. The lowest BCUT2D eigenvalue weighted by atomic mass is 10.1. The van der Waals surface area contributed by atoms with Crippen molar-refractivity contribution in [2.75, 3.05) is 26.8 Å². The molecule has 2 rings (SSSR count). The summed E-state index contributed by atoms with van der Waals surface area (Å²) >= 11 is 0. The number of aliphatic imine (C=N–C) groups is 1. The van der Waals surface area contributed by atoms with Crippen molar-refractivity contribution in [3.05, 3.63) is 35.4 Å². The lowest BCUT2D eigenvalue weighted by Crippen LogP contribution is -2.40. The normalized spacial score (nSPS) is 17.4. The SMILES string of the molecule is CCCOCc1ccccc1CNC(=NC)NCC1CCCO1.I. The molecule has 0 bridgehead atoms. The summed E-state index contributed by atoms with van der Waals surface area (Å²) in [6.07, 6.45) is 3.63. The van der Waals surface area contributed by atoms with E-state index in [4.69, 9.17) is 9.47 Å². The van der Waals surface area contributed by atoms with Crippen LogP contribution in [-0.4, -0.2) is 38.9 Å². The van der Waals surface area contributed by atoms with Crippen molar-refractivity contribution in [2.45, 2.75) is 45.4 Å². The summed E-state index contributed by atoms with van der Waals surface area (Å²) in [6, 6.07) is 8.36. The fourth-order valence-corrected chi connectivity index (χ4v) is 2.61. The van der Waals surface area contributed by atoms with Gasteiger partial charge in [-0.15, -0.1) is 24.0 Å². The van der Waals surface area contributed by atoms with Crippen LogP contribution in [0.2, 0.25) is 0 Å². The van der Waals surface area contributed by atoms with Gasteiger partial charge in [-0.25, -0.2) is 0 Å². The Labute approximate surface area is 162 Å². The molecule has 6 heteroatoms. The number of nitrogens with zero attached hydrogens (tertiary/aromatic N) is 1. The molecule has 1 aliphatic heterocycles. The van der Waals surface area contributed by atoms with Crippen LogP contribution in [0.3, 0.4) is 0 Å². The molecule has 1 aromatic carbocycles. The van der Waals surface area contributed by atoms with Gasteiger partial charge < -0.3 is 20.1 Å². The zero-order chi connectivity index (χ0) is 16.3. The van der Waals surface area contributed by atoms with E-state index in [0.29, 0.717) is 12.7 Å². The Hall–Kier alpha value is -0.860. The molecule has 1 aromatic rings. The van der Waals surface area contributed by atoms with Gasteiger partial charge in [0.2, 0.25) is 0 Å². The van der Waals surface area contributed by atoms with E-state index in [1.807, 2.05) is 0 Å². The van der Waals surface area contributed by atoms with Gasteiger partial charge in [0.15, 0.2) is 5.96 Å². The smallest absolute Gasteiger partial charge is 0.191 e. The first-order valence-corrected chi connectivity index (χ1v) is 8.54. The summed E-state index contributed by atoms with van der Waals surface area (Å²) in [5.41, 5.74) is 2.46. The Morgan fingerprint density at radius 1 is 1.29 bits per heavy atom. The third-order valence-electron chi connectivity index (χ3n) is 3.92. The molecule has 1 unspecified atom stereocenters. The van der Waals surface area contributed by atoms with Crippen molar-refractivity contribution < 1.29 is 9.47 Å². The Morgan fingerprint density at radius 2 is 2.08 bits per heavy atom. The summed E-state index contributed by atoms with van der Waals surface area (Å²) in [4.78, 5) is 4.28. The molecular formula is C18H30IN3O2. The van der Waals surface area contributed by atoms with Crippen LogP contribution in [0.25, 0.3) is 0 Å². The molecule has 0 radical (unpaired) electrons. The van der Waals surface area contributed by atoms with E-state index >= 15 is 0 Å². The summed E-state index contributed by atoms with van der Waals surface area (Å²) < 4.78 is 11.3. The topological polar surface area (TPSA) is 54.9 Å². The molecule has 1 atom stereocenters. The van der Waals surface area contributed by atoms with Gasteiger partial charge in [0.25, 0.3) is 0 Å². The summed E-state index contributed by atoms with van der Waals surface area (Å²) in [6.45, 7) is 6.00. The third-order valence-corrected chi connectivity index (χ3v) is 3.92. The average molecular weight is 447 g/mol. The number of hydrogen-bond acceptors (Lipinski definition) is 3. The Kier molecular flexibility index (Phi) is 11.0. The molecule has 0 aromatic heterocycles. The van der Waals surface area contributed by atoms with Gasteiger partial charge in [-0.1, -0.05) is 31.2 Å². The minimum Gasteiger partial charge on any atom is -0.377 e. The second-order valence-electron chi connectivity index (χ2n) is 5.76. The number of guanidine groups is 1. The number of benzene rings is 1. The highest BCUT2D eigenvalue weighted by atomic mass is 127.